The fraction of sp³-hybridized carbons (Fsp3) is 0.357. The third-order valence-corrected chi connectivity index (χ3v) is 3.36. The molecule has 3 atom stereocenters. The van der Waals surface area contributed by atoms with Gasteiger partial charge in [0.05, 0.1) is 12.9 Å². The molecule has 1 aliphatic rings. The number of ether oxygens (including phenoxy) is 1. The highest BCUT2D eigenvalue weighted by Crippen LogP contribution is 2.33. The number of nitrogen functional groups attached to an aromatic ring is 1. The number of hydrogen-bond donors (Lipinski definition) is 3. The normalized spacial score (nSPS) is 26.3. The summed E-state index contributed by atoms with van der Waals surface area (Å²) in [6, 6.07) is 0. The van der Waals surface area contributed by atoms with E-state index >= 15 is 0 Å². The molecule has 1 aromatic rings. The number of halogens is 1. The van der Waals surface area contributed by atoms with Crippen molar-refractivity contribution < 1.29 is 24.1 Å². The lowest BCUT2D eigenvalue weighted by molar-refractivity contribution is -0.112. The minimum Gasteiger partial charge on any atom is -0.393 e. The van der Waals surface area contributed by atoms with Gasteiger partial charge in [0.15, 0.2) is 12.0 Å². The lowest BCUT2D eigenvalue weighted by atomic mass is 10.1. The summed E-state index contributed by atoms with van der Waals surface area (Å²) in [7, 11) is 0. The molecule has 4 N–H and O–H groups in total. The molecule has 124 valence electrons. The van der Waals surface area contributed by atoms with Crippen LogP contribution in [0.1, 0.15) is 18.7 Å². The molecular formula is C14H16FN3O5. The zero-order valence-corrected chi connectivity index (χ0v) is 12.2. The molecule has 0 spiro atoms. The average Bonchev–Trinajstić information content (AvgIpc) is 2.82. The van der Waals surface area contributed by atoms with Gasteiger partial charge in [0.25, 0.3) is 0 Å². The van der Waals surface area contributed by atoms with Crippen molar-refractivity contribution in [2.75, 3.05) is 12.3 Å². The number of carbonyl (C=O) groups is 1. The third-order valence-electron chi connectivity index (χ3n) is 3.36. The number of hydrogen-bond acceptors (Lipinski definition) is 7. The van der Waals surface area contributed by atoms with Crippen molar-refractivity contribution in [2.24, 2.45) is 0 Å². The van der Waals surface area contributed by atoms with Crippen LogP contribution in [0.4, 0.5) is 10.2 Å². The zero-order chi connectivity index (χ0) is 17.1. The fourth-order valence-electron chi connectivity index (χ4n) is 2.19. The van der Waals surface area contributed by atoms with Crippen LogP contribution in [0.3, 0.4) is 0 Å². The molecule has 0 radical (unpaired) electrons. The molecule has 1 aromatic heterocycles. The fourth-order valence-corrected chi connectivity index (χ4v) is 2.19. The van der Waals surface area contributed by atoms with Crippen molar-refractivity contribution in [3.63, 3.8) is 0 Å². The van der Waals surface area contributed by atoms with Crippen molar-refractivity contribution in [2.45, 2.75) is 25.4 Å². The monoisotopic (exact) mass is 325 g/mol. The maximum Gasteiger partial charge on any atom is 0.351 e. The number of anilines is 1. The van der Waals surface area contributed by atoms with E-state index in [1.54, 1.807) is 0 Å². The predicted molar refractivity (Wildman–Crippen MR) is 78.8 cm³/mol. The summed E-state index contributed by atoms with van der Waals surface area (Å²) in [6.07, 6.45) is 0.172. The molecule has 2 heterocycles. The third kappa shape index (κ3) is 3.36. The van der Waals surface area contributed by atoms with Gasteiger partial charge in [-0.25, -0.2) is 9.18 Å². The largest absolute Gasteiger partial charge is 0.393 e. The molecule has 8 nitrogen and oxygen atoms in total. The molecule has 23 heavy (non-hydrogen) atoms. The number of aromatic nitrogens is 2. The van der Waals surface area contributed by atoms with Gasteiger partial charge in [-0.05, 0) is 19.1 Å². The van der Waals surface area contributed by atoms with Gasteiger partial charge in [0, 0.05) is 17.3 Å². The SMILES string of the molecule is CC(=O)C=Cc1cn(C2OC(CO)C(=CF)C2O)c(=O)nc1N. The van der Waals surface area contributed by atoms with Crippen LogP contribution in [0.15, 0.2) is 29.0 Å². The number of rotatable bonds is 4. The molecule has 1 fully saturated rings. The number of allylic oxidation sites excluding steroid dienone is 1. The Balaban J connectivity index is 2.46. The Hall–Kier alpha value is -2.36. The number of carbonyl (C=O) groups excluding carboxylic acids is 1. The topological polar surface area (TPSA) is 128 Å². The first-order chi connectivity index (χ1) is 10.9. The maximum atomic E-state index is 12.8. The summed E-state index contributed by atoms with van der Waals surface area (Å²) in [5.74, 6) is -0.335. The van der Waals surface area contributed by atoms with E-state index < -0.39 is 30.7 Å². The smallest absolute Gasteiger partial charge is 0.351 e. The Morgan fingerprint density at radius 1 is 1.61 bits per heavy atom. The molecule has 9 heteroatoms. The molecule has 0 aliphatic carbocycles. The summed E-state index contributed by atoms with van der Waals surface area (Å²) >= 11 is 0. The van der Waals surface area contributed by atoms with Gasteiger partial charge in [0.2, 0.25) is 0 Å². The average molecular weight is 325 g/mol. The first-order valence-corrected chi connectivity index (χ1v) is 6.71. The Morgan fingerprint density at radius 3 is 2.83 bits per heavy atom. The Labute approximate surface area is 130 Å². The maximum absolute atomic E-state index is 12.8. The number of aliphatic hydroxyl groups is 2. The summed E-state index contributed by atoms with van der Waals surface area (Å²) in [4.78, 5) is 26.5. The van der Waals surface area contributed by atoms with E-state index in [9.17, 15) is 19.1 Å². The van der Waals surface area contributed by atoms with Gasteiger partial charge in [-0.15, -0.1) is 0 Å². The Morgan fingerprint density at radius 2 is 2.30 bits per heavy atom. The lowest BCUT2D eigenvalue weighted by Crippen LogP contribution is -2.32. The van der Waals surface area contributed by atoms with E-state index in [1.165, 1.54) is 25.3 Å². The highest BCUT2D eigenvalue weighted by molar-refractivity contribution is 5.92. The van der Waals surface area contributed by atoms with Crippen LogP contribution in [0, 0.1) is 0 Å². The van der Waals surface area contributed by atoms with E-state index in [-0.39, 0.29) is 29.1 Å². The number of nitrogens with zero attached hydrogens (tertiary/aromatic N) is 2. The second-order valence-electron chi connectivity index (χ2n) is 4.97. The molecule has 1 aliphatic heterocycles. The standard InChI is InChI=1S/C14H16FN3O5/c1-7(20)2-3-8-5-18(14(22)17-12(8)16)13-11(21)9(4-15)10(6-19)23-13/h2-5,10-11,13,19,21H,6H2,1H3,(H2,16,17,22). The number of nitrogens with two attached hydrogens (primary N) is 1. The quantitative estimate of drug-likeness (QED) is 0.639. The van der Waals surface area contributed by atoms with Crippen LogP contribution in [0.2, 0.25) is 0 Å². The van der Waals surface area contributed by atoms with Crippen molar-refractivity contribution >= 4 is 17.7 Å². The van der Waals surface area contributed by atoms with Crippen LogP contribution < -0.4 is 11.4 Å². The van der Waals surface area contributed by atoms with Crippen molar-refractivity contribution in [3.8, 4) is 0 Å². The lowest BCUT2D eigenvalue weighted by Gasteiger charge is -2.17. The van der Waals surface area contributed by atoms with E-state index in [4.69, 9.17) is 15.6 Å². The summed E-state index contributed by atoms with van der Waals surface area (Å²) in [6.45, 7) is 0.779. The van der Waals surface area contributed by atoms with E-state index in [0.29, 0.717) is 0 Å². The Bertz CT molecular complexity index is 728. The van der Waals surface area contributed by atoms with Gasteiger partial charge in [-0.3, -0.25) is 9.36 Å². The van der Waals surface area contributed by atoms with Gasteiger partial charge in [-0.2, -0.15) is 4.98 Å². The molecule has 3 unspecified atom stereocenters. The van der Waals surface area contributed by atoms with Gasteiger partial charge in [-0.1, -0.05) is 0 Å². The summed E-state index contributed by atoms with van der Waals surface area (Å²) in [5, 5.41) is 19.2. The molecule has 0 bridgehead atoms. The summed E-state index contributed by atoms with van der Waals surface area (Å²) in [5.41, 5.74) is 4.88. The van der Waals surface area contributed by atoms with Crippen LogP contribution in [-0.2, 0) is 9.53 Å². The predicted octanol–water partition coefficient (Wildman–Crippen LogP) is -0.468. The molecule has 1 saturated heterocycles. The highest BCUT2D eigenvalue weighted by atomic mass is 19.1. The second-order valence-corrected chi connectivity index (χ2v) is 4.97. The first kappa shape index (κ1) is 17.0. The van der Waals surface area contributed by atoms with E-state index in [2.05, 4.69) is 4.98 Å². The minimum absolute atomic E-state index is 0.101. The Kier molecular flexibility index (Phi) is 5.04. The van der Waals surface area contributed by atoms with E-state index in [1.807, 2.05) is 0 Å². The van der Waals surface area contributed by atoms with Crippen molar-refractivity contribution in [3.05, 3.63) is 40.2 Å². The second kappa shape index (κ2) is 6.82. The van der Waals surface area contributed by atoms with Crippen molar-refractivity contribution in [1.82, 2.24) is 9.55 Å². The highest BCUT2D eigenvalue weighted by Gasteiger charge is 2.40. The van der Waals surface area contributed by atoms with Crippen LogP contribution in [0.25, 0.3) is 6.08 Å². The first-order valence-electron chi connectivity index (χ1n) is 6.71. The van der Waals surface area contributed by atoms with Gasteiger partial charge in [0.1, 0.15) is 18.0 Å². The van der Waals surface area contributed by atoms with Gasteiger partial charge < -0.3 is 20.7 Å². The van der Waals surface area contributed by atoms with Crippen LogP contribution >= 0.6 is 0 Å². The summed E-state index contributed by atoms with van der Waals surface area (Å²) < 4.78 is 19.1. The van der Waals surface area contributed by atoms with Gasteiger partial charge >= 0.3 is 5.69 Å². The number of ketones is 1. The number of aliphatic hydroxyl groups excluding tert-OH is 2. The van der Waals surface area contributed by atoms with Crippen LogP contribution in [-0.4, -0.2) is 44.4 Å². The molecule has 2 rings (SSSR count). The van der Waals surface area contributed by atoms with Crippen LogP contribution in [0.5, 0.6) is 0 Å². The molecule has 0 aromatic carbocycles. The van der Waals surface area contributed by atoms with Crippen molar-refractivity contribution in [1.29, 1.82) is 0 Å². The minimum atomic E-state index is -1.47. The molecular weight excluding hydrogens is 309 g/mol. The molecule has 0 saturated carbocycles. The molecule has 0 amide bonds. The zero-order valence-electron chi connectivity index (χ0n) is 12.2. The van der Waals surface area contributed by atoms with E-state index in [0.717, 1.165) is 4.57 Å².